The first kappa shape index (κ1) is 20.6. The lowest BCUT2D eigenvalue weighted by Gasteiger charge is -2.08. The van der Waals surface area contributed by atoms with Crippen LogP contribution < -0.4 is 10.6 Å². The number of carbonyl (C=O) groups is 2. The van der Waals surface area contributed by atoms with Gasteiger partial charge >= 0.3 is 0 Å². The van der Waals surface area contributed by atoms with Gasteiger partial charge in [-0.3, -0.25) is 14.6 Å². The zero-order valence-electron chi connectivity index (χ0n) is 16.3. The van der Waals surface area contributed by atoms with Crippen LogP contribution in [-0.2, 0) is 6.54 Å². The number of nitrogens with zero attached hydrogens (tertiary/aromatic N) is 1. The summed E-state index contributed by atoms with van der Waals surface area (Å²) in [6, 6.07) is 21.6. The molecule has 0 atom stereocenters. The van der Waals surface area contributed by atoms with Gasteiger partial charge in [0, 0.05) is 33.7 Å². The topological polar surface area (TPSA) is 84.2 Å². The molecule has 0 spiro atoms. The molecule has 2 aromatic heterocycles. The normalized spacial score (nSPS) is 10.5. The minimum Gasteiger partial charge on any atom is -0.459 e. The molecule has 31 heavy (non-hydrogen) atoms. The highest BCUT2D eigenvalue weighted by Crippen LogP contribution is 2.24. The van der Waals surface area contributed by atoms with Crippen LogP contribution in [0.3, 0.4) is 0 Å². The lowest BCUT2D eigenvalue weighted by Crippen LogP contribution is -2.22. The molecule has 0 bridgehead atoms. The largest absolute Gasteiger partial charge is 0.459 e. The van der Waals surface area contributed by atoms with E-state index in [0.29, 0.717) is 22.6 Å². The molecular weight excluding hydrogens is 458 g/mol. The molecule has 0 fully saturated rings. The van der Waals surface area contributed by atoms with Crippen molar-refractivity contribution >= 4 is 33.4 Å². The van der Waals surface area contributed by atoms with E-state index in [2.05, 4.69) is 31.5 Å². The van der Waals surface area contributed by atoms with Crippen molar-refractivity contribution in [2.24, 2.45) is 0 Å². The minimum absolute atomic E-state index is 0.252. The molecule has 0 aliphatic heterocycles. The van der Waals surface area contributed by atoms with E-state index in [-0.39, 0.29) is 18.4 Å². The first-order valence-electron chi connectivity index (χ1n) is 9.53. The Kier molecular flexibility index (Phi) is 6.24. The van der Waals surface area contributed by atoms with E-state index >= 15 is 0 Å². The van der Waals surface area contributed by atoms with Crippen molar-refractivity contribution in [1.29, 1.82) is 0 Å². The van der Waals surface area contributed by atoms with Gasteiger partial charge < -0.3 is 15.1 Å². The first-order valence-corrected chi connectivity index (χ1v) is 10.3. The minimum atomic E-state index is -0.290. The maximum absolute atomic E-state index is 12.6. The van der Waals surface area contributed by atoms with Crippen molar-refractivity contribution in [3.05, 3.63) is 107 Å². The number of nitrogens with one attached hydrogen (secondary N) is 2. The van der Waals surface area contributed by atoms with E-state index in [9.17, 15) is 9.59 Å². The Morgan fingerprint density at radius 3 is 2.48 bits per heavy atom. The summed E-state index contributed by atoms with van der Waals surface area (Å²) < 4.78 is 6.82. The Labute approximate surface area is 187 Å². The van der Waals surface area contributed by atoms with E-state index in [4.69, 9.17) is 4.42 Å². The molecular formula is C24H18BrN3O3. The van der Waals surface area contributed by atoms with Crippen molar-refractivity contribution in [3.8, 4) is 11.3 Å². The molecule has 7 heteroatoms. The lowest BCUT2D eigenvalue weighted by molar-refractivity contribution is 0.0947. The van der Waals surface area contributed by atoms with Gasteiger partial charge in [0.2, 0.25) is 0 Å². The van der Waals surface area contributed by atoms with Crippen molar-refractivity contribution in [1.82, 2.24) is 10.3 Å². The summed E-state index contributed by atoms with van der Waals surface area (Å²) in [7, 11) is 0. The second kappa shape index (κ2) is 9.40. The number of furan rings is 1. The molecule has 4 rings (SSSR count). The SMILES string of the molecule is O=C(NCc1ccc(-c2ccc(Br)cc2)o1)c1cccc(NC(=O)c2cccnc2)c1. The van der Waals surface area contributed by atoms with E-state index in [0.717, 1.165) is 15.8 Å². The summed E-state index contributed by atoms with van der Waals surface area (Å²) in [5.41, 5.74) is 2.36. The van der Waals surface area contributed by atoms with E-state index in [1.54, 1.807) is 42.6 Å². The third kappa shape index (κ3) is 5.26. The fourth-order valence-corrected chi connectivity index (χ4v) is 3.21. The zero-order valence-corrected chi connectivity index (χ0v) is 17.9. The van der Waals surface area contributed by atoms with Gasteiger partial charge in [-0.05, 0) is 54.6 Å². The summed E-state index contributed by atoms with van der Waals surface area (Å²) >= 11 is 3.41. The van der Waals surface area contributed by atoms with Crippen molar-refractivity contribution < 1.29 is 14.0 Å². The molecule has 4 aromatic rings. The molecule has 0 saturated carbocycles. The molecule has 0 unspecified atom stereocenters. The smallest absolute Gasteiger partial charge is 0.257 e. The molecule has 6 nitrogen and oxygen atoms in total. The number of halogens is 1. The Morgan fingerprint density at radius 2 is 1.71 bits per heavy atom. The molecule has 0 aliphatic carbocycles. The van der Waals surface area contributed by atoms with E-state index < -0.39 is 0 Å². The van der Waals surface area contributed by atoms with Gasteiger partial charge in [0.05, 0.1) is 12.1 Å². The number of hydrogen-bond donors (Lipinski definition) is 2. The van der Waals surface area contributed by atoms with Crippen LogP contribution in [0.4, 0.5) is 5.69 Å². The molecule has 2 heterocycles. The van der Waals surface area contributed by atoms with Crippen LogP contribution in [0, 0.1) is 0 Å². The summed E-state index contributed by atoms with van der Waals surface area (Å²) in [6.45, 7) is 0.252. The van der Waals surface area contributed by atoms with Crippen LogP contribution in [0.25, 0.3) is 11.3 Å². The molecule has 2 aromatic carbocycles. The van der Waals surface area contributed by atoms with Gasteiger partial charge in [-0.1, -0.05) is 34.1 Å². The second-order valence-electron chi connectivity index (χ2n) is 6.73. The fraction of sp³-hybridized carbons (Fsp3) is 0.0417. The monoisotopic (exact) mass is 475 g/mol. The maximum atomic E-state index is 12.6. The standard InChI is InChI=1S/C24H18BrN3O3/c25-19-8-6-16(7-9-19)22-11-10-21(31-22)15-27-23(29)17-3-1-5-20(13-17)28-24(30)18-4-2-12-26-14-18/h1-14H,15H2,(H,27,29)(H,28,30). The van der Waals surface area contributed by atoms with E-state index in [1.807, 2.05) is 36.4 Å². The van der Waals surface area contributed by atoms with Gasteiger partial charge in [0.15, 0.2) is 0 Å². The quantitative estimate of drug-likeness (QED) is 0.396. The molecule has 2 N–H and O–H groups in total. The summed E-state index contributed by atoms with van der Waals surface area (Å²) in [6.07, 6.45) is 3.08. The Hall–Kier alpha value is -3.71. The lowest BCUT2D eigenvalue weighted by atomic mass is 10.1. The van der Waals surface area contributed by atoms with Crippen LogP contribution >= 0.6 is 15.9 Å². The molecule has 0 saturated heterocycles. The van der Waals surface area contributed by atoms with Gasteiger partial charge in [-0.15, -0.1) is 0 Å². The van der Waals surface area contributed by atoms with Crippen LogP contribution in [-0.4, -0.2) is 16.8 Å². The summed E-state index contributed by atoms with van der Waals surface area (Å²) in [4.78, 5) is 28.8. The number of amides is 2. The van der Waals surface area contributed by atoms with Crippen LogP contribution in [0.2, 0.25) is 0 Å². The fourth-order valence-electron chi connectivity index (χ4n) is 2.95. The second-order valence-corrected chi connectivity index (χ2v) is 7.65. The van der Waals surface area contributed by atoms with Gasteiger partial charge in [-0.25, -0.2) is 0 Å². The predicted molar refractivity (Wildman–Crippen MR) is 122 cm³/mol. The Morgan fingerprint density at radius 1 is 0.903 bits per heavy atom. The van der Waals surface area contributed by atoms with Gasteiger partial charge in [-0.2, -0.15) is 0 Å². The number of carbonyl (C=O) groups excluding carboxylic acids is 2. The highest BCUT2D eigenvalue weighted by atomic mass is 79.9. The molecule has 154 valence electrons. The maximum Gasteiger partial charge on any atom is 0.257 e. The Balaban J connectivity index is 1.37. The van der Waals surface area contributed by atoms with Crippen molar-refractivity contribution in [2.75, 3.05) is 5.32 Å². The first-order chi connectivity index (χ1) is 15.1. The molecule has 2 amide bonds. The number of rotatable bonds is 6. The number of aromatic nitrogens is 1. The third-order valence-corrected chi connectivity index (χ3v) is 5.05. The predicted octanol–water partition coefficient (Wildman–Crippen LogP) is 5.29. The van der Waals surface area contributed by atoms with Gasteiger partial charge in [0.25, 0.3) is 11.8 Å². The average Bonchev–Trinajstić information content (AvgIpc) is 3.28. The van der Waals surface area contributed by atoms with Crippen molar-refractivity contribution in [3.63, 3.8) is 0 Å². The number of anilines is 1. The Bertz CT molecular complexity index is 1200. The summed E-state index contributed by atoms with van der Waals surface area (Å²) in [5, 5.41) is 5.61. The zero-order chi connectivity index (χ0) is 21.6. The molecule has 0 radical (unpaired) electrons. The van der Waals surface area contributed by atoms with Crippen LogP contribution in [0.5, 0.6) is 0 Å². The highest BCUT2D eigenvalue weighted by Gasteiger charge is 2.11. The number of benzene rings is 2. The highest BCUT2D eigenvalue weighted by molar-refractivity contribution is 9.10. The van der Waals surface area contributed by atoms with Crippen LogP contribution in [0.15, 0.2) is 94.1 Å². The van der Waals surface area contributed by atoms with Crippen LogP contribution in [0.1, 0.15) is 26.5 Å². The van der Waals surface area contributed by atoms with Gasteiger partial charge in [0.1, 0.15) is 11.5 Å². The third-order valence-electron chi connectivity index (χ3n) is 4.52. The van der Waals surface area contributed by atoms with Crippen molar-refractivity contribution in [2.45, 2.75) is 6.54 Å². The average molecular weight is 476 g/mol. The van der Waals surface area contributed by atoms with E-state index in [1.165, 1.54) is 6.20 Å². The molecule has 0 aliphatic rings. The number of hydrogen-bond acceptors (Lipinski definition) is 4. The number of pyridine rings is 1. The summed E-state index contributed by atoms with van der Waals surface area (Å²) in [5.74, 6) is 0.824.